The summed E-state index contributed by atoms with van der Waals surface area (Å²) in [5.74, 6) is 1.53. The van der Waals surface area contributed by atoms with Gasteiger partial charge in [0.1, 0.15) is 0 Å². The summed E-state index contributed by atoms with van der Waals surface area (Å²) < 4.78 is 0. The Bertz CT molecular complexity index is 404. The summed E-state index contributed by atoms with van der Waals surface area (Å²) in [5, 5.41) is 3.14. The second kappa shape index (κ2) is 5.14. The highest BCUT2D eigenvalue weighted by Gasteiger charge is 2.22. The molecule has 2 heterocycles. The van der Waals surface area contributed by atoms with Crippen LogP contribution in [-0.4, -0.2) is 48.6 Å². The molecule has 18 heavy (non-hydrogen) atoms. The zero-order valence-electron chi connectivity index (χ0n) is 10.5. The van der Waals surface area contributed by atoms with Gasteiger partial charge in [-0.2, -0.15) is 0 Å². The number of nitrogens with two attached hydrogens (primary N) is 1. The lowest BCUT2D eigenvalue weighted by Gasteiger charge is -2.35. The third-order valence-electron chi connectivity index (χ3n) is 3.50. The monoisotopic (exact) mass is 265 g/mol. The zero-order valence-corrected chi connectivity index (χ0v) is 11.3. The second-order valence-electron chi connectivity index (χ2n) is 4.93. The molecule has 6 heteroatoms. The van der Waals surface area contributed by atoms with Gasteiger partial charge in [-0.25, -0.2) is 4.98 Å². The summed E-state index contributed by atoms with van der Waals surface area (Å²) in [6.45, 7) is 4.76. The van der Waals surface area contributed by atoms with E-state index in [0.29, 0.717) is 0 Å². The van der Waals surface area contributed by atoms with E-state index in [1.165, 1.54) is 12.8 Å². The van der Waals surface area contributed by atoms with Gasteiger partial charge in [-0.3, -0.25) is 4.99 Å². The first kappa shape index (κ1) is 11.8. The van der Waals surface area contributed by atoms with Gasteiger partial charge in [0, 0.05) is 44.3 Å². The highest BCUT2D eigenvalue weighted by atomic mass is 32.1. The first-order chi connectivity index (χ1) is 8.83. The van der Waals surface area contributed by atoms with Crippen LogP contribution in [0, 0.1) is 5.92 Å². The van der Waals surface area contributed by atoms with Crippen molar-refractivity contribution in [2.45, 2.75) is 12.8 Å². The predicted octanol–water partition coefficient (Wildman–Crippen LogP) is 0.990. The molecule has 1 aromatic rings. The van der Waals surface area contributed by atoms with Crippen LogP contribution < -0.4 is 10.6 Å². The molecule has 1 saturated carbocycles. The van der Waals surface area contributed by atoms with E-state index in [2.05, 4.69) is 19.8 Å². The minimum absolute atomic E-state index is 0.723. The molecule has 0 aromatic carbocycles. The van der Waals surface area contributed by atoms with Crippen molar-refractivity contribution in [1.82, 2.24) is 9.88 Å². The average Bonchev–Trinajstić information content (AvgIpc) is 3.08. The summed E-state index contributed by atoms with van der Waals surface area (Å²) in [4.78, 5) is 13.3. The first-order valence-corrected chi connectivity index (χ1v) is 7.40. The highest BCUT2D eigenvalue weighted by molar-refractivity contribution is 7.13. The minimum atomic E-state index is 0.723. The van der Waals surface area contributed by atoms with Gasteiger partial charge in [-0.05, 0) is 18.8 Å². The van der Waals surface area contributed by atoms with Crippen LogP contribution in [0.1, 0.15) is 12.8 Å². The largest absolute Gasteiger partial charge is 0.370 e. The number of hydrogen-bond donors (Lipinski definition) is 1. The molecular formula is C12H19N5S. The number of nitrogens with zero attached hydrogens (tertiary/aromatic N) is 4. The lowest BCUT2D eigenvalue weighted by Crippen LogP contribution is -2.51. The Morgan fingerprint density at radius 2 is 2.17 bits per heavy atom. The van der Waals surface area contributed by atoms with E-state index in [1.54, 1.807) is 11.3 Å². The van der Waals surface area contributed by atoms with Gasteiger partial charge in [-0.1, -0.05) is 0 Å². The molecule has 2 aliphatic rings. The third kappa shape index (κ3) is 2.75. The standard InChI is InChI=1S/C12H19N5S/c13-11(15-9-10-1-2-10)16-4-6-17(7-5-16)12-14-3-8-18-12/h3,8,10H,1-2,4-7,9H2,(H2,13,15). The summed E-state index contributed by atoms with van der Waals surface area (Å²) in [6.07, 6.45) is 4.51. The Hall–Kier alpha value is -1.30. The Morgan fingerprint density at radius 1 is 1.39 bits per heavy atom. The van der Waals surface area contributed by atoms with Crippen molar-refractivity contribution >= 4 is 22.4 Å². The summed E-state index contributed by atoms with van der Waals surface area (Å²) >= 11 is 1.70. The van der Waals surface area contributed by atoms with Crippen LogP contribution in [0.5, 0.6) is 0 Å². The topological polar surface area (TPSA) is 57.8 Å². The van der Waals surface area contributed by atoms with Crippen LogP contribution in [0.15, 0.2) is 16.6 Å². The summed E-state index contributed by atoms with van der Waals surface area (Å²) in [7, 11) is 0. The lowest BCUT2D eigenvalue weighted by atomic mass is 10.3. The predicted molar refractivity (Wildman–Crippen MR) is 75.1 cm³/mol. The number of rotatable bonds is 3. The molecule has 0 spiro atoms. The van der Waals surface area contributed by atoms with Gasteiger partial charge in [0.2, 0.25) is 0 Å². The summed E-state index contributed by atoms with van der Waals surface area (Å²) in [6, 6.07) is 0. The van der Waals surface area contributed by atoms with E-state index < -0.39 is 0 Å². The van der Waals surface area contributed by atoms with Crippen molar-refractivity contribution in [3.63, 3.8) is 0 Å². The van der Waals surface area contributed by atoms with E-state index in [-0.39, 0.29) is 0 Å². The molecule has 2 N–H and O–H groups in total. The van der Waals surface area contributed by atoms with E-state index in [0.717, 1.165) is 49.7 Å². The van der Waals surface area contributed by atoms with Crippen LogP contribution in [0.4, 0.5) is 5.13 Å². The Labute approximate surface area is 111 Å². The molecule has 1 aliphatic carbocycles. The molecule has 1 aliphatic heterocycles. The molecule has 0 atom stereocenters. The van der Waals surface area contributed by atoms with Crippen molar-refractivity contribution < 1.29 is 0 Å². The van der Waals surface area contributed by atoms with E-state index >= 15 is 0 Å². The van der Waals surface area contributed by atoms with Gasteiger partial charge in [0.25, 0.3) is 0 Å². The average molecular weight is 265 g/mol. The van der Waals surface area contributed by atoms with Gasteiger partial charge >= 0.3 is 0 Å². The maximum atomic E-state index is 6.03. The maximum Gasteiger partial charge on any atom is 0.191 e. The Kier molecular flexibility index (Phi) is 3.36. The minimum Gasteiger partial charge on any atom is -0.370 e. The van der Waals surface area contributed by atoms with Gasteiger partial charge < -0.3 is 15.5 Å². The van der Waals surface area contributed by atoms with Gasteiger partial charge in [0.15, 0.2) is 11.1 Å². The van der Waals surface area contributed by atoms with Crippen LogP contribution >= 0.6 is 11.3 Å². The van der Waals surface area contributed by atoms with Gasteiger partial charge in [0.05, 0.1) is 0 Å². The quantitative estimate of drug-likeness (QED) is 0.654. The van der Waals surface area contributed by atoms with Crippen LogP contribution in [0.2, 0.25) is 0 Å². The normalized spacial score (nSPS) is 21.4. The molecule has 1 aromatic heterocycles. The molecule has 0 amide bonds. The van der Waals surface area contributed by atoms with Crippen molar-refractivity contribution in [2.24, 2.45) is 16.6 Å². The molecule has 5 nitrogen and oxygen atoms in total. The molecule has 0 radical (unpaired) electrons. The number of thiazole rings is 1. The molecule has 1 saturated heterocycles. The number of hydrogen-bond acceptors (Lipinski definition) is 4. The smallest absolute Gasteiger partial charge is 0.191 e. The second-order valence-corrected chi connectivity index (χ2v) is 5.80. The third-order valence-corrected chi connectivity index (χ3v) is 4.33. The number of aliphatic imine (C=N–C) groups is 1. The number of aromatic nitrogens is 1. The number of piperazine rings is 1. The van der Waals surface area contributed by atoms with Crippen LogP contribution in [0.3, 0.4) is 0 Å². The van der Waals surface area contributed by atoms with Gasteiger partial charge in [-0.15, -0.1) is 11.3 Å². The zero-order chi connectivity index (χ0) is 12.4. The fourth-order valence-corrected chi connectivity index (χ4v) is 2.82. The Balaban J connectivity index is 1.51. The van der Waals surface area contributed by atoms with E-state index in [9.17, 15) is 0 Å². The van der Waals surface area contributed by atoms with Crippen molar-refractivity contribution in [3.05, 3.63) is 11.6 Å². The van der Waals surface area contributed by atoms with E-state index in [1.807, 2.05) is 11.6 Å². The number of guanidine groups is 1. The molecule has 3 rings (SSSR count). The Morgan fingerprint density at radius 3 is 2.78 bits per heavy atom. The van der Waals surface area contributed by atoms with Crippen molar-refractivity contribution in [3.8, 4) is 0 Å². The fraction of sp³-hybridized carbons (Fsp3) is 0.667. The number of anilines is 1. The SMILES string of the molecule is NC(=NCC1CC1)N1CCN(c2nccs2)CC1. The van der Waals surface area contributed by atoms with E-state index in [4.69, 9.17) is 5.73 Å². The maximum absolute atomic E-state index is 6.03. The summed E-state index contributed by atoms with van der Waals surface area (Å²) in [5.41, 5.74) is 6.03. The highest BCUT2D eigenvalue weighted by Crippen LogP contribution is 2.28. The lowest BCUT2D eigenvalue weighted by molar-refractivity contribution is 0.380. The molecule has 0 unspecified atom stereocenters. The van der Waals surface area contributed by atoms with Crippen LogP contribution in [0.25, 0.3) is 0 Å². The molecular weight excluding hydrogens is 246 g/mol. The van der Waals surface area contributed by atoms with Crippen LogP contribution in [-0.2, 0) is 0 Å². The fourth-order valence-electron chi connectivity index (χ4n) is 2.12. The molecule has 98 valence electrons. The molecule has 2 fully saturated rings. The first-order valence-electron chi connectivity index (χ1n) is 6.52. The molecule has 0 bridgehead atoms. The van der Waals surface area contributed by atoms with Crippen molar-refractivity contribution in [2.75, 3.05) is 37.6 Å². The van der Waals surface area contributed by atoms with Crippen molar-refractivity contribution in [1.29, 1.82) is 0 Å².